The predicted molar refractivity (Wildman–Crippen MR) is 143 cm³/mol. The number of aliphatic hydroxyl groups excluding tert-OH is 1. The van der Waals surface area contributed by atoms with Gasteiger partial charge >= 0.3 is 0 Å². The minimum absolute atomic E-state index is 0.267. The SMILES string of the molecule is CCc1nn(-c2ccccc2)c(Oc2ccc(C)cc2)c1CN(CCOC)CC(O)COC(C)(C)C. The van der Waals surface area contributed by atoms with Gasteiger partial charge in [0.1, 0.15) is 5.75 Å². The lowest BCUT2D eigenvalue weighted by atomic mass is 10.1. The summed E-state index contributed by atoms with van der Waals surface area (Å²) in [5.41, 5.74) is 3.76. The van der Waals surface area contributed by atoms with Crippen molar-refractivity contribution in [1.29, 1.82) is 0 Å². The summed E-state index contributed by atoms with van der Waals surface area (Å²) >= 11 is 0. The first-order valence-electron chi connectivity index (χ1n) is 12.6. The molecule has 0 radical (unpaired) electrons. The molecule has 3 rings (SSSR count). The molecule has 36 heavy (non-hydrogen) atoms. The summed E-state index contributed by atoms with van der Waals surface area (Å²) < 4.78 is 19.6. The first-order chi connectivity index (χ1) is 17.2. The van der Waals surface area contributed by atoms with Crippen LogP contribution >= 0.6 is 0 Å². The first kappa shape index (κ1) is 27.9. The topological polar surface area (TPSA) is 69.0 Å². The van der Waals surface area contributed by atoms with E-state index < -0.39 is 6.10 Å². The van der Waals surface area contributed by atoms with Crippen LogP contribution in [0.1, 0.15) is 44.5 Å². The van der Waals surface area contributed by atoms with Gasteiger partial charge in [0.15, 0.2) is 0 Å². The summed E-state index contributed by atoms with van der Waals surface area (Å²) in [4.78, 5) is 2.17. The van der Waals surface area contributed by atoms with Gasteiger partial charge in [0.2, 0.25) is 5.88 Å². The summed E-state index contributed by atoms with van der Waals surface area (Å²) in [7, 11) is 1.69. The average Bonchev–Trinajstić information content (AvgIpc) is 3.19. The van der Waals surface area contributed by atoms with Gasteiger partial charge in [0.25, 0.3) is 0 Å². The molecule has 1 heterocycles. The first-order valence-corrected chi connectivity index (χ1v) is 12.6. The summed E-state index contributed by atoms with van der Waals surface area (Å²) in [6.07, 6.45) is 0.129. The van der Waals surface area contributed by atoms with E-state index in [-0.39, 0.29) is 12.2 Å². The number of benzene rings is 2. The van der Waals surface area contributed by atoms with Crippen molar-refractivity contribution >= 4 is 0 Å². The quantitative estimate of drug-likeness (QED) is 0.353. The lowest BCUT2D eigenvalue weighted by Gasteiger charge is -2.27. The number of rotatable bonds is 13. The van der Waals surface area contributed by atoms with Crippen molar-refractivity contribution in [3.05, 3.63) is 71.4 Å². The van der Waals surface area contributed by atoms with Gasteiger partial charge in [-0.1, -0.05) is 42.8 Å². The Kier molecular flexibility index (Phi) is 10.1. The molecule has 0 bridgehead atoms. The van der Waals surface area contributed by atoms with Crippen molar-refractivity contribution < 1.29 is 19.3 Å². The standard InChI is InChI=1S/C29H41N3O4/c1-7-27-26(20-31(17-18-34-6)19-24(33)21-35-29(3,4)5)28(36-25-15-13-22(2)14-16-25)32(30-27)23-11-9-8-10-12-23/h8-16,24,33H,7,17-21H2,1-6H3. The molecule has 1 atom stereocenters. The fourth-order valence-electron chi connectivity index (χ4n) is 3.86. The van der Waals surface area contributed by atoms with Gasteiger partial charge in [-0.2, -0.15) is 5.10 Å². The lowest BCUT2D eigenvalue weighted by molar-refractivity contribution is -0.0577. The van der Waals surface area contributed by atoms with Crippen molar-refractivity contribution in [3.8, 4) is 17.3 Å². The minimum Gasteiger partial charge on any atom is -0.439 e. The van der Waals surface area contributed by atoms with Gasteiger partial charge in [-0.3, -0.25) is 4.90 Å². The molecule has 0 amide bonds. The van der Waals surface area contributed by atoms with Crippen LogP contribution in [0.5, 0.6) is 11.6 Å². The van der Waals surface area contributed by atoms with Crippen LogP contribution < -0.4 is 4.74 Å². The molecule has 1 unspecified atom stereocenters. The maximum Gasteiger partial charge on any atom is 0.227 e. The second kappa shape index (κ2) is 13.0. The maximum atomic E-state index is 10.7. The predicted octanol–water partition coefficient (Wildman–Crippen LogP) is 5.16. The molecular weight excluding hydrogens is 454 g/mol. The molecule has 1 aromatic heterocycles. The van der Waals surface area contributed by atoms with Gasteiger partial charge in [-0.25, -0.2) is 4.68 Å². The monoisotopic (exact) mass is 495 g/mol. The fraction of sp³-hybridized carbons (Fsp3) is 0.483. The van der Waals surface area contributed by atoms with Crippen LogP contribution in [0.4, 0.5) is 0 Å². The second-order valence-electron chi connectivity index (χ2n) is 10.1. The molecule has 0 spiro atoms. The van der Waals surface area contributed by atoms with Crippen LogP contribution in [0.15, 0.2) is 54.6 Å². The molecule has 2 aromatic carbocycles. The van der Waals surface area contributed by atoms with Crippen LogP contribution in [-0.4, -0.2) is 64.9 Å². The number of aliphatic hydroxyl groups is 1. The van der Waals surface area contributed by atoms with Crippen molar-refractivity contribution in [2.75, 3.05) is 33.4 Å². The van der Waals surface area contributed by atoms with E-state index >= 15 is 0 Å². The summed E-state index contributed by atoms with van der Waals surface area (Å²) in [6, 6.07) is 18.0. The van der Waals surface area contributed by atoms with Crippen molar-refractivity contribution in [2.45, 2.75) is 59.3 Å². The molecule has 0 fully saturated rings. The molecule has 0 saturated carbocycles. The summed E-state index contributed by atoms with van der Waals surface area (Å²) in [5, 5.41) is 15.7. The van der Waals surface area contributed by atoms with Crippen LogP contribution in [0.25, 0.3) is 5.69 Å². The molecule has 0 saturated heterocycles. The Bertz CT molecular complexity index is 1060. The van der Waals surface area contributed by atoms with Crippen LogP contribution in [-0.2, 0) is 22.4 Å². The number of ether oxygens (including phenoxy) is 3. The zero-order chi connectivity index (χ0) is 26.1. The Morgan fingerprint density at radius 2 is 1.75 bits per heavy atom. The summed E-state index contributed by atoms with van der Waals surface area (Å²) in [6.45, 7) is 12.6. The smallest absolute Gasteiger partial charge is 0.227 e. The van der Waals surface area contributed by atoms with E-state index in [1.54, 1.807) is 7.11 Å². The number of aromatic nitrogens is 2. The Hall–Kier alpha value is -2.71. The van der Waals surface area contributed by atoms with Crippen molar-refractivity contribution in [3.63, 3.8) is 0 Å². The number of hydrogen-bond donors (Lipinski definition) is 1. The highest BCUT2D eigenvalue weighted by atomic mass is 16.5. The lowest BCUT2D eigenvalue weighted by Crippen LogP contribution is -2.38. The zero-order valence-corrected chi connectivity index (χ0v) is 22.5. The third kappa shape index (κ3) is 8.17. The highest BCUT2D eigenvalue weighted by Gasteiger charge is 2.24. The maximum absolute atomic E-state index is 10.7. The minimum atomic E-state index is -0.628. The molecule has 3 aromatic rings. The Morgan fingerprint density at radius 1 is 1.06 bits per heavy atom. The third-order valence-corrected chi connectivity index (χ3v) is 5.76. The van der Waals surface area contributed by atoms with Gasteiger partial charge in [0.05, 0.1) is 41.9 Å². The van der Waals surface area contributed by atoms with Crippen LogP contribution in [0.2, 0.25) is 0 Å². The number of aryl methyl sites for hydroxylation is 2. The van der Waals surface area contributed by atoms with Crippen molar-refractivity contribution in [2.24, 2.45) is 0 Å². The average molecular weight is 496 g/mol. The van der Waals surface area contributed by atoms with Crippen LogP contribution in [0, 0.1) is 6.92 Å². The highest BCUT2D eigenvalue weighted by Crippen LogP contribution is 2.32. The van der Waals surface area contributed by atoms with E-state index in [1.165, 1.54) is 5.56 Å². The van der Waals surface area contributed by atoms with Gasteiger partial charge < -0.3 is 19.3 Å². The normalized spacial score (nSPS) is 12.8. The number of nitrogens with zero attached hydrogens (tertiary/aromatic N) is 3. The van der Waals surface area contributed by atoms with E-state index in [4.69, 9.17) is 19.3 Å². The Morgan fingerprint density at radius 3 is 2.36 bits per heavy atom. The molecule has 7 heteroatoms. The molecule has 196 valence electrons. The number of para-hydroxylation sites is 1. The van der Waals surface area contributed by atoms with E-state index in [0.717, 1.165) is 29.1 Å². The summed E-state index contributed by atoms with van der Waals surface area (Å²) in [5.74, 6) is 1.44. The highest BCUT2D eigenvalue weighted by molar-refractivity contribution is 5.44. The number of hydrogen-bond acceptors (Lipinski definition) is 6. The van der Waals surface area contributed by atoms with E-state index in [9.17, 15) is 5.11 Å². The molecular formula is C29H41N3O4. The zero-order valence-electron chi connectivity index (χ0n) is 22.5. The number of methoxy groups -OCH3 is 1. The second-order valence-corrected chi connectivity index (χ2v) is 10.1. The van der Waals surface area contributed by atoms with Gasteiger partial charge in [0, 0.05) is 26.7 Å². The molecule has 7 nitrogen and oxygen atoms in total. The Labute approximate surface area is 215 Å². The van der Waals surface area contributed by atoms with Gasteiger partial charge in [-0.15, -0.1) is 0 Å². The molecule has 0 aliphatic carbocycles. The fourth-order valence-corrected chi connectivity index (χ4v) is 3.86. The van der Waals surface area contributed by atoms with Crippen molar-refractivity contribution in [1.82, 2.24) is 14.7 Å². The Balaban J connectivity index is 1.95. The van der Waals surface area contributed by atoms with E-state index in [1.807, 2.05) is 80.1 Å². The van der Waals surface area contributed by atoms with Crippen LogP contribution in [0.3, 0.4) is 0 Å². The molecule has 0 aliphatic rings. The third-order valence-electron chi connectivity index (χ3n) is 5.76. The molecule has 0 aliphatic heterocycles. The van der Waals surface area contributed by atoms with Gasteiger partial charge in [-0.05, 0) is 58.4 Å². The molecule has 1 N–H and O–H groups in total. The van der Waals surface area contributed by atoms with E-state index in [2.05, 4.69) is 18.7 Å². The largest absolute Gasteiger partial charge is 0.439 e. The van der Waals surface area contributed by atoms with E-state index in [0.29, 0.717) is 32.1 Å².